The molecule has 0 bridgehead atoms. The number of rotatable bonds is 3. The van der Waals surface area contributed by atoms with Crippen LogP contribution in [0.5, 0.6) is 0 Å². The normalized spacial score (nSPS) is 16.1. The Kier molecular flexibility index (Phi) is 3.73. The molecule has 1 aromatic rings. The quantitative estimate of drug-likeness (QED) is 0.369. The fraction of sp³-hybridized carbons (Fsp3) is 0.364. The van der Waals surface area contributed by atoms with E-state index in [1.54, 1.807) is 12.1 Å². The van der Waals surface area contributed by atoms with Crippen LogP contribution in [0.3, 0.4) is 0 Å². The lowest BCUT2D eigenvalue weighted by molar-refractivity contribution is -0.384. The SMILES string of the molecule is NN=Cc1ccc(N2CCOCC2)c([N+](=O)[O-])c1. The molecule has 0 spiro atoms. The van der Waals surface area contributed by atoms with Crippen molar-refractivity contribution in [3.05, 3.63) is 33.9 Å². The van der Waals surface area contributed by atoms with Crippen LogP contribution in [0.1, 0.15) is 5.56 Å². The fourth-order valence-electron chi connectivity index (χ4n) is 1.92. The molecule has 0 aromatic heterocycles. The molecule has 0 atom stereocenters. The highest BCUT2D eigenvalue weighted by Gasteiger charge is 2.21. The van der Waals surface area contributed by atoms with E-state index in [9.17, 15) is 10.1 Å². The van der Waals surface area contributed by atoms with E-state index in [0.717, 1.165) is 0 Å². The summed E-state index contributed by atoms with van der Waals surface area (Å²) in [6, 6.07) is 4.95. The molecular weight excluding hydrogens is 236 g/mol. The van der Waals surface area contributed by atoms with E-state index < -0.39 is 4.92 Å². The largest absolute Gasteiger partial charge is 0.378 e. The predicted molar refractivity (Wildman–Crippen MR) is 67.9 cm³/mol. The van der Waals surface area contributed by atoms with Crippen molar-refractivity contribution in [3.8, 4) is 0 Å². The van der Waals surface area contributed by atoms with Crippen molar-refractivity contribution >= 4 is 17.6 Å². The topological polar surface area (TPSA) is 94.0 Å². The highest BCUT2D eigenvalue weighted by atomic mass is 16.6. The Balaban J connectivity index is 2.36. The summed E-state index contributed by atoms with van der Waals surface area (Å²) in [5.41, 5.74) is 1.29. The van der Waals surface area contributed by atoms with Gasteiger partial charge in [0, 0.05) is 24.7 Å². The Bertz CT molecular complexity index is 469. The lowest BCUT2D eigenvalue weighted by Gasteiger charge is -2.28. The maximum atomic E-state index is 11.1. The Morgan fingerprint density at radius 3 is 2.78 bits per heavy atom. The predicted octanol–water partition coefficient (Wildman–Crippen LogP) is 0.724. The molecule has 7 nitrogen and oxygen atoms in total. The minimum Gasteiger partial charge on any atom is -0.378 e. The molecule has 96 valence electrons. The third-order valence-corrected chi connectivity index (χ3v) is 2.77. The fourth-order valence-corrected chi connectivity index (χ4v) is 1.92. The van der Waals surface area contributed by atoms with Gasteiger partial charge in [-0.1, -0.05) is 6.07 Å². The average Bonchev–Trinajstić information content (AvgIpc) is 2.40. The number of morpholine rings is 1. The van der Waals surface area contributed by atoms with Crippen LogP contribution in [0.25, 0.3) is 0 Å². The zero-order valence-corrected chi connectivity index (χ0v) is 9.78. The number of hydrogen-bond donors (Lipinski definition) is 1. The summed E-state index contributed by atoms with van der Waals surface area (Å²) in [5, 5.41) is 14.5. The summed E-state index contributed by atoms with van der Waals surface area (Å²) in [7, 11) is 0. The first kappa shape index (κ1) is 12.3. The van der Waals surface area contributed by atoms with E-state index >= 15 is 0 Å². The van der Waals surface area contributed by atoms with Gasteiger partial charge < -0.3 is 15.5 Å². The molecule has 1 saturated heterocycles. The number of benzene rings is 1. The van der Waals surface area contributed by atoms with Crippen LogP contribution in [0.4, 0.5) is 11.4 Å². The second-order valence-electron chi connectivity index (χ2n) is 3.88. The van der Waals surface area contributed by atoms with Crippen molar-refractivity contribution in [3.63, 3.8) is 0 Å². The maximum absolute atomic E-state index is 11.1. The summed E-state index contributed by atoms with van der Waals surface area (Å²) in [6.07, 6.45) is 1.39. The minimum atomic E-state index is -0.390. The molecule has 0 aliphatic carbocycles. The van der Waals surface area contributed by atoms with Crippen LogP contribution in [0.15, 0.2) is 23.3 Å². The lowest BCUT2D eigenvalue weighted by atomic mass is 10.1. The molecule has 1 aromatic carbocycles. The Labute approximate surface area is 104 Å². The molecule has 0 saturated carbocycles. The summed E-state index contributed by atoms with van der Waals surface area (Å²) in [5.74, 6) is 5.04. The van der Waals surface area contributed by atoms with Gasteiger partial charge in [0.1, 0.15) is 5.69 Å². The van der Waals surface area contributed by atoms with E-state index in [1.807, 2.05) is 4.90 Å². The van der Waals surface area contributed by atoms with Gasteiger partial charge in [0.2, 0.25) is 0 Å². The smallest absolute Gasteiger partial charge is 0.293 e. The van der Waals surface area contributed by atoms with Crippen LogP contribution in [-0.4, -0.2) is 37.4 Å². The lowest BCUT2D eigenvalue weighted by Crippen LogP contribution is -2.36. The van der Waals surface area contributed by atoms with Crippen LogP contribution in [0, 0.1) is 10.1 Å². The highest BCUT2D eigenvalue weighted by Crippen LogP contribution is 2.29. The molecule has 7 heteroatoms. The second-order valence-corrected chi connectivity index (χ2v) is 3.88. The van der Waals surface area contributed by atoms with Gasteiger partial charge >= 0.3 is 0 Å². The molecule has 1 heterocycles. The van der Waals surface area contributed by atoms with E-state index in [1.165, 1.54) is 12.3 Å². The first-order valence-corrected chi connectivity index (χ1v) is 5.57. The van der Waals surface area contributed by atoms with E-state index in [2.05, 4.69) is 5.10 Å². The zero-order chi connectivity index (χ0) is 13.0. The number of nitrogens with two attached hydrogens (primary N) is 1. The van der Waals surface area contributed by atoms with Gasteiger partial charge in [0.15, 0.2) is 0 Å². The summed E-state index contributed by atoms with van der Waals surface area (Å²) < 4.78 is 5.23. The number of hydrogen-bond acceptors (Lipinski definition) is 6. The summed E-state index contributed by atoms with van der Waals surface area (Å²) in [6.45, 7) is 2.49. The molecule has 1 fully saturated rings. The number of nitro benzene ring substituents is 1. The standard InChI is InChI=1S/C11H14N4O3/c12-13-8-9-1-2-10(11(7-9)15(16)17)14-3-5-18-6-4-14/h1-2,7-8H,3-6,12H2. The van der Waals surface area contributed by atoms with Gasteiger partial charge in [0.25, 0.3) is 5.69 Å². The monoisotopic (exact) mass is 250 g/mol. The first-order chi connectivity index (χ1) is 8.72. The molecule has 2 rings (SSSR count). The van der Waals surface area contributed by atoms with Crippen molar-refractivity contribution in [1.29, 1.82) is 0 Å². The van der Waals surface area contributed by atoms with E-state index in [0.29, 0.717) is 37.6 Å². The van der Waals surface area contributed by atoms with Gasteiger partial charge in [0.05, 0.1) is 24.4 Å². The maximum Gasteiger partial charge on any atom is 0.293 e. The zero-order valence-electron chi connectivity index (χ0n) is 9.78. The Hall–Kier alpha value is -2.15. The van der Waals surface area contributed by atoms with Gasteiger partial charge in [-0.3, -0.25) is 10.1 Å². The van der Waals surface area contributed by atoms with Gasteiger partial charge in [-0.25, -0.2) is 0 Å². The summed E-state index contributed by atoms with van der Waals surface area (Å²) in [4.78, 5) is 12.7. The number of anilines is 1. The van der Waals surface area contributed by atoms with Gasteiger partial charge in [-0.15, -0.1) is 0 Å². The van der Waals surface area contributed by atoms with Crippen LogP contribution in [-0.2, 0) is 4.74 Å². The molecule has 0 amide bonds. The minimum absolute atomic E-state index is 0.0642. The molecule has 1 aliphatic heterocycles. The van der Waals surface area contributed by atoms with E-state index in [4.69, 9.17) is 10.6 Å². The molecular formula is C11H14N4O3. The second kappa shape index (κ2) is 5.46. The van der Waals surface area contributed by atoms with Crippen LogP contribution in [0.2, 0.25) is 0 Å². The Morgan fingerprint density at radius 1 is 1.44 bits per heavy atom. The highest BCUT2D eigenvalue weighted by molar-refractivity contribution is 5.83. The Morgan fingerprint density at radius 2 is 2.17 bits per heavy atom. The number of hydrazone groups is 1. The van der Waals surface area contributed by atoms with E-state index in [-0.39, 0.29) is 5.69 Å². The van der Waals surface area contributed by atoms with Crippen molar-refractivity contribution in [2.45, 2.75) is 0 Å². The molecule has 0 unspecified atom stereocenters. The van der Waals surface area contributed by atoms with Gasteiger partial charge in [-0.05, 0) is 6.07 Å². The first-order valence-electron chi connectivity index (χ1n) is 5.57. The number of nitrogens with zero attached hydrogens (tertiary/aromatic N) is 3. The number of nitro groups is 1. The third kappa shape index (κ3) is 2.57. The van der Waals surface area contributed by atoms with Crippen molar-refractivity contribution < 1.29 is 9.66 Å². The van der Waals surface area contributed by atoms with Gasteiger partial charge in [-0.2, -0.15) is 5.10 Å². The van der Waals surface area contributed by atoms with Crippen molar-refractivity contribution in [2.24, 2.45) is 10.9 Å². The van der Waals surface area contributed by atoms with Crippen LogP contribution < -0.4 is 10.7 Å². The molecule has 0 radical (unpaired) electrons. The summed E-state index contributed by atoms with van der Waals surface area (Å²) >= 11 is 0. The average molecular weight is 250 g/mol. The molecule has 2 N–H and O–H groups in total. The van der Waals surface area contributed by atoms with Crippen molar-refractivity contribution in [1.82, 2.24) is 0 Å². The third-order valence-electron chi connectivity index (χ3n) is 2.77. The van der Waals surface area contributed by atoms with Crippen molar-refractivity contribution in [2.75, 3.05) is 31.2 Å². The van der Waals surface area contributed by atoms with Crippen LogP contribution >= 0.6 is 0 Å². The molecule has 18 heavy (non-hydrogen) atoms. The number of ether oxygens (including phenoxy) is 1. The molecule has 1 aliphatic rings.